The number of carbonyl (C=O) groups is 2. The molecular weight excluding hydrogens is 396 g/mol. The smallest absolute Gasteiger partial charge is 0.258 e. The molecule has 0 aliphatic carbocycles. The van der Waals surface area contributed by atoms with Gasteiger partial charge in [0.15, 0.2) is 0 Å². The zero-order chi connectivity index (χ0) is 22.5. The quantitative estimate of drug-likeness (QED) is 0.735. The molecule has 8 heteroatoms. The van der Waals surface area contributed by atoms with E-state index in [4.69, 9.17) is 4.74 Å². The van der Waals surface area contributed by atoms with E-state index in [0.29, 0.717) is 35.7 Å². The lowest BCUT2D eigenvalue weighted by atomic mass is 9.99. The molecule has 3 rings (SSSR count). The molecule has 0 bridgehead atoms. The van der Waals surface area contributed by atoms with Crippen LogP contribution < -0.4 is 10.1 Å². The Morgan fingerprint density at radius 3 is 2.68 bits per heavy atom. The van der Waals surface area contributed by atoms with Gasteiger partial charge in [-0.15, -0.1) is 0 Å². The Morgan fingerprint density at radius 1 is 1.32 bits per heavy atom. The number of fused-ring (bicyclic) bond motifs is 1. The molecule has 0 saturated carbocycles. The molecule has 3 atom stereocenters. The highest BCUT2D eigenvalue weighted by atomic mass is 16.5. The number of ether oxygens (including phenoxy) is 1. The average Bonchev–Trinajstić information content (AvgIpc) is 2.76. The van der Waals surface area contributed by atoms with E-state index in [9.17, 15) is 14.7 Å². The van der Waals surface area contributed by atoms with Crippen LogP contribution in [0.1, 0.15) is 34.6 Å². The summed E-state index contributed by atoms with van der Waals surface area (Å²) in [5, 5.41) is 12.5. The largest absolute Gasteiger partial charge is 0.488 e. The molecule has 1 aromatic heterocycles. The number of aromatic nitrogens is 1. The molecule has 2 aromatic rings. The summed E-state index contributed by atoms with van der Waals surface area (Å²) in [5.41, 5.74) is 1.33. The second-order valence-corrected chi connectivity index (χ2v) is 8.29. The molecule has 0 spiro atoms. The van der Waals surface area contributed by atoms with Crippen LogP contribution in [0, 0.1) is 5.92 Å². The number of nitrogens with zero attached hydrogens (tertiary/aromatic N) is 3. The van der Waals surface area contributed by atoms with Gasteiger partial charge in [0.25, 0.3) is 11.8 Å². The molecule has 2 heterocycles. The van der Waals surface area contributed by atoms with Crippen LogP contribution in [0.5, 0.6) is 5.75 Å². The molecule has 0 radical (unpaired) electrons. The van der Waals surface area contributed by atoms with Gasteiger partial charge >= 0.3 is 0 Å². The molecule has 2 amide bonds. The number of benzene rings is 1. The van der Waals surface area contributed by atoms with Crippen LogP contribution in [-0.2, 0) is 0 Å². The van der Waals surface area contributed by atoms with Crippen LogP contribution in [0.25, 0.3) is 0 Å². The van der Waals surface area contributed by atoms with Gasteiger partial charge in [-0.2, -0.15) is 0 Å². The summed E-state index contributed by atoms with van der Waals surface area (Å²) in [5.74, 6) is 0.0213. The van der Waals surface area contributed by atoms with E-state index in [1.807, 2.05) is 32.8 Å². The van der Waals surface area contributed by atoms with E-state index < -0.39 is 0 Å². The number of aliphatic hydroxyl groups excluding tert-OH is 1. The summed E-state index contributed by atoms with van der Waals surface area (Å²) in [6.45, 7) is 4.89. The van der Waals surface area contributed by atoms with Crippen LogP contribution >= 0.6 is 0 Å². The first-order valence-corrected chi connectivity index (χ1v) is 10.4. The number of hydrogen-bond acceptors (Lipinski definition) is 6. The fraction of sp³-hybridized carbons (Fsp3) is 0.435. The zero-order valence-electron chi connectivity index (χ0n) is 18.4. The molecule has 1 aliphatic heterocycles. The van der Waals surface area contributed by atoms with Crippen molar-refractivity contribution in [2.45, 2.75) is 26.0 Å². The van der Waals surface area contributed by atoms with E-state index in [2.05, 4.69) is 10.3 Å². The predicted molar refractivity (Wildman–Crippen MR) is 118 cm³/mol. The first-order chi connectivity index (χ1) is 14.8. The Labute approximate surface area is 182 Å². The Balaban J connectivity index is 1.95. The minimum absolute atomic E-state index is 0.0690. The monoisotopic (exact) mass is 426 g/mol. The maximum absolute atomic E-state index is 13.4. The topological polar surface area (TPSA) is 95.0 Å². The van der Waals surface area contributed by atoms with Gasteiger partial charge in [0, 0.05) is 42.7 Å². The van der Waals surface area contributed by atoms with Crippen LogP contribution in [0.2, 0.25) is 0 Å². The van der Waals surface area contributed by atoms with Crippen molar-refractivity contribution in [2.24, 2.45) is 5.92 Å². The number of rotatable bonds is 6. The third-order valence-electron chi connectivity index (χ3n) is 5.41. The van der Waals surface area contributed by atoms with E-state index in [1.165, 1.54) is 0 Å². The van der Waals surface area contributed by atoms with Gasteiger partial charge in [0.2, 0.25) is 0 Å². The van der Waals surface area contributed by atoms with Gasteiger partial charge in [0.05, 0.1) is 18.2 Å². The highest BCUT2D eigenvalue weighted by molar-refractivity contribution is 6.05. The third-order valence-corrected chi connectivity index (χ3v) is 5.41. The van der Waals surface area contributed by atoms with Crippen LogP contribution in [0.15, 0.2) is 42.7 Å². The molecular formula is C23H30N4O4. The van der Waals surface area contributed by atoms with Crippen molar-refractivity contribution in [2.75, 3.05) is 39.1 Å². The number of nitrogens with one attached hydrogen (secondary N) is 1. The lowest BCUT2D eigenvalue weighted by molar-refractivity contribution is 0.0363. The van der Waals surface area contributed by atoms with Gasteiger partial charge in [-0.3, -0.25) is 14.6 Å². The number of pyridine rings is 1. The second kappa shape index (κ2) is 9.89. The molecule has 2 N–H and O–H groups in total. The lowest BCUT2D eigenvalue weighted by Crippen LogP contribution is -2.49. The average molecular weight is 427 g/mol. The number of hydrogen-bond donors (Lipinski definition) is 2. The van der Waals surface area contributed by atoms with Crippen molar-refractivity contribution in [3.05, 3.63) is 53.9 Å². The van der Waals surface area contributed by atoms with Crippen molar-refractivity contribution in [1.29, 1.82) is 0 Å². The normalized spacial score (nSPS) is 19.8. The number of amides is 2. The summed E-state index contributed by atoms with van der Waals surface area (Å²) in [6, 6.07) is 7.99. The van der Waals surface area contributed by atoms with E-state index in [-0.39, 0.29) is 36.5 Å². The highest BCUT2D eigenvalue weighted by Crippen LogP contribution is 2.30. The minimum Gasteiger partial charge on any atom is -0.488 e. The van der Waals surface area contributed by atoms with Crippen LogP contribution in [0.4, 0.5) is 5.69 Å². The fourth-order valence-electron chi connectivity index (χ4n) is 3.58. The molecule has 0 saturated heterocycles. The minimum atomic E-state index is -0.337. The summed E-state index contributed by atoms with van der Waals surface area (Å²) in [7, 11) is 3.96. The number of aliphatic hydroxyl groups is 1. The number of likely N-dealkylation sites (N-methyl/N-ethyl adjacent to an activating group) is 1. The Morgan fingerprint density at radius 2 is 2.03 bits per heavy atom. The SMILES string of the molecule is C[C@@H]1CN([C@@H](C)CO)C(=O)c2cc(NC(=O)c3ccncc3)ccc2O[C@H]1CN(C)C. The Kier molecular flexibility index (Phi) is 7.25. The van der Waals surface area contributed by atoms with Gasteiger partial charge in [-0.25, -0.2) is 0 Å². The summed E-state index contributed by atoms with van der Waals surface area (Å²) in [6.07, 6.45) is 2.97. The molecule has 31 heavy (non-hydrogen) atoms. The van der Waals surface area contributed by atoms with Crippen LogP contribution in [-0.4, -0.2) is 77.6 Å². The molecule has 166 valence electrons. The summed E-state index contributed by atoms with van der Waals surface area (Å²) < 4.78 is 6.26. The van der Waals surface area contributed by atoms with Crippen molar-refractivity contribution in [1.82, 2.24) is 14.8 Å². The van der Waals surface area contributed by atoms with Crippen molar-refractivity contribution in [3.8, 4) is 5.75 Å². The molecule has 0 unspecified atom stereocenters. The predicted octanol–water partition coefficient (Wildman–Crippen LogP) is 2.12. The van der Waals surface area contributed by atoms with E-state index in [0.717, 1.165) is 0 Å². The fourth-order valence-corrected chi connectivity index (χ4v) is 3.58. The Bertz CT molecular complexity index is 919. The second-order valence-electron chi connectivity index (χ2n) is 8.29. The molecule has 8 nitrogen and oxygen atoms in total. The number of carbonyl (C=O) groups excluding carboxylic acids is 2. The van der Waals surface area contributed by atoms with E-state index >= 15 is 0 Å². The van der Waals surface area contributed by atoms with Gasteiger partial charge < -0.3 is 25.0 Å². The van der Waals surface area contributed by atoms with Gasteiger partial charge in [-0.1, -0.05) is 6.92 Å². The van der Waals surface area contributed by atoms with Gasteiger partial charge in [0.1, 0.15) is 11.9 Å². The molecule has 0 fully saturated rings. The maximum Gasteiger partial charge on any atom is 0.258 e. The standard InChI is InChI=1S/C23H30N4O4/c1-15-12-27(16(2)14-28)23(30)19-11-18(25-22(29)17-7-9-24-10-8-17)5-6-20(19)31-21(15)13-26(3)4/h5-11,15-16,21,28H,12-14H2,1-4H3,(H,25,29)/t15-,16+,21+/m1/s1. The maximum atomic E-state index is 13.4. The summed E-state index contributed by atoms with van der Waals surface area (Å²) >= 11 is 0. The van der Waals surface area contributed by atoms with Crippen molar-refractivity contribution < 1.29 is 19.4 Å². The molecule has 1 aliphatic rings. The van der Waals surface area contributed by atoms with E-state index in [1.54, 1.807) is 47.6 Å². The van der Waals surface area contributed by atoms with Crippen LogP contribution in [0.3, 0.4) is 0 Å². The lowest BCUT2D eigenvalue weighted by Gasteiger charge is -2.37. The third kappa shape index (κ3) is 5.39. The first-order valence-electron chi connectivity index (χ1n) is 10.4. The highest BCUT2D eigenvalue weighted by Gasteiger charge is 2.33. The van der Waals surface area contributed by atoms with Crippen molar-refractivity contribution >= 4 is 17.5 Å². The van der Waals surface area contributed by atoms with Gasteiger partial charge in [-0.05, 0) is 51.4 Å². The Hall–Kier alpha value is -2.97. The number of anilines is 1. The molecule has 1 aromatic carbocycles. The van der Waals surface area contributed by atoms with Crippen molar-refractivity contribution in [3.63, 3.8) is 0 Å². The summed E-state index contributed by atoms with van der Waals surface area (Å²) in [4.78, 5) is 33.5. The zero-order valence-corrected chi connectivity index (χ0v) is 18.4. The first kappa shape index (κ1) is 22.7.